The molecule has 3 aromatic carbocycles. The summed E-state index contributed by atoms with van der Waals surface area (Å²) in [5.41, 5.74) is 3.15. The lowest BCUT2D eigenvalue weighted by molar-refractivity contribution is 0.330. The van der Waals surface area contributed by atoms with Crippen LogP contribution in [0.5, 0.6) is 0 Å². The molecule has 0 fully saturated rings. The molecule has 0 unspecified atom stereocenters. The molecule has 24 heavy (non-hydrogen) atoms. The van der Waals surface area contributed by atoms with Crippen LogP contribution in [0.2, 0.25) is 0 Å². The van der Waals surface area contributed by atoms with Crippen molar-refractivity contribution >= 4 is 28.3 Å². The van der Waals surface area contributed by atoms with Crippen LogP contribution in [0, 0.1) is 0 Å². The van der Waals surface area contributed by atoms with Gasteiger partial charge in [0.1, 0.15) is 23.8 Å². The number of ether oxygens (including phenoxy) is 1. The Balaban J connectivity index is 0.000000123. The predicted octanol–water partition coefficient (Wildman–Crippen LogP) is 5.37. The second-order valence-corrected chi connectivity index (χ2v) is 5.61. The van der Waals surface area contributed by atoms with Crippen molar-refractivity contribution in [2.75, 3.05) is 6.61 Å². The Labute approximate surface area is 140 Å². The summed E-state index contributed by atoms with van der Waals surface area (Å²) in [6.45, 7) is 0.685. The van der Waals surface area contributed by atoms with E-state index in [-0.39, 0.29) is 6.04 Å². The van der Waals surface area contributed by atoms with Crippen LogP contribution in [0.25, 0.3) is 21.9 Å². The van der Waals surface area contributed by atoms with Crippen molar-refractivity contribution in [1.29, 1.82) is 0 Å². The van der Waals surface area contributed by atoms with E-state index in [0.717, 1.165) is 11.2 Å². The fraction of sp³-hybridized carbons (Fsp3) is 0.0952. The molecule has 0 saturated carbocycles. The highest BCUT2D eigenvalue weighted by Gasteiger charge is 2.12. The zero-order valence-electron chi connectivity index (χ0n) is 13.1. The predicted molar refractivity (Wildman–Crippen MR) is 97.3 cm³/mol. The van der Waals surface area contributed by atoms with Gasteiger partial charge in [-0.3, -0.25) is 0 Å². The lowest BCUT2D eigenvalue weighted by Gasteiger charge is -2.03. The van der Waals surface area contributed by atoms with Crippen molar-refractivity contribution in [3.63, 3.8) is 0 Å². The molecule has 3 heteroatoms. The van der Waals surface area contributed by atoms with Gasteiger partial charge in [-0.2, -0.15) is 0 Å². The van der Waals surface area contributed by atoms with E-state index in [4.69, 9.17) is 9.15 Å². The van der Waals surface area contributed by atoms with E-state index in [1.807, 2.05) is 54.6 Å². The summed E-state index contributed by atoms with van der Waals surface area (Å²) >= 11 is 0. The van der Waals surface area contributed by atoms with Crippen molar-refractivity contribution in [2.24, 2.45) is 4.99 Å². The third-order valence-corrected chi connectivity index (χ3v) is 4.04. The lowest BCUT2D eigenvalue weighted by atomic mass is 10.1. The normalized spacial score (nSPS) is 15.9. The van der Waals surface area contributed by atoms with Crippen LogP contribution in [0.3, 0.4) is 0 Å². The van der Waals surface area contributed by atoms with Gasteiger partial charge in [0.25, 0.3) is 0 Å². The molecule has 3 nitrogen and oxygen atoms in total. The summed E-state index contributed by atoms with van der Waals surface area (Å²) < 4.78 is 10.7. The van der Waals surface area contributed by atoms with Crippen molar-refractivity contribution in [3.8, 4) is 0 Å². The van der Waals surface area contributed by atoms with E-state index in [2.05, 4.69) is 29.3 Å². The van der Waals surface area contributed by atoms with Crippen molar-refractivity contribution in [1.82, 2.24) is 0 Å². The van der Waals surface area contributed by atoms with Crippen LogP contribution < -0.4 is 0 Å². The first kappa shape index (κ1) is 14.5. The third-order valence-electron chi connectivity index (χ3n) is 4.04. The van der Waals surface area contributed by atoms with E-state index in [1.54, 1.807) is 0 Å². The Hall–Kier alpha value is -3.07. The maximum atomic E-state index is 5.65. The number of nitrogens with zero attached hydrogens (tertiary/aromatic N) is 1. The molecule has 0 N–H and O–H groups in total. The van der Waals surface area contributed by atoms with Gasteiger partial charge in [0.05, 0.1) is 0 Å². The fourth-order valence-electron chi connectivity index (χ4n) is 2.83. The minimum absolute atomic E-state index is 0.219. The largest absolute Gasteiger partial charge is 0.481 e. The fourth-order valence-corrected chi connectivity index (χ4v) is 2.83. The average molecular weight is 315 g/mol. The van der Waals surface area contributed by atoms with Crippen LogP contribution in [0.4, 0.5) is 0 Å². The number of benzene rings is 3. The molecular formula is C21H17NO2. The monoisotopic (exact) mass is 315 g/mol. The second-order valence-electron chi connectivity index (χ2n) is 5.61. The molecule has 0 saturated heterocycles. The molecule has 1 aliphatic heterocycles. The molecule has 0 bridgehead atoms. The molecule has 1 aliphatic rings. The summed E-state index contributed by atoms with van der Waals surface area (Å²) in [6, 6.07) is 26.6. The van der Waals surface area contributed by atoms with E-state index in [9.17, 15) is 0 Å². The van der Waals surface area contributed by atoms with E-state index >= 15 is 0 Å². The van der Waals surface area contributed by atoms with Gasteiger partial charge in [0.15, 0.2) is 6.40 Å². The van der Waals surface area contributed by atoms with Gasteiger partial charge >= 0.3 is 0 Å². The second kappa shape index (κ2) is 6.59. The Kier molecular flexibility index (Phi) is 3.98. The Bertz CT molecular complexity index is 922. The molecular weight excluding hydrogens is 298 g/mol. The lowest BCUT2D eigenvalue weighted by Crippen LogP contribution is -1.95. The molecule has 1 atom stereocenters. The summed E-state index contributed by atoms with van der Waals surface area (Å²) in [5, 5.41) is 2.39. The third kappa shape index (κ3) is 2.88. The van der Waals surface area contributed by atoms with Crippen LogP contribution >= 0.6 is 0 Å². The van der Waals surface area contributed by atoms with Gasteiger partial charge in [-0.25, -0.2) is 4.99 Å². The molecule has 2 heterocycles. The molecule has 0 spiro atoms. The SMILES string of the molecule is C1=N[C@H](c2ccccc2)CO1.c1ccc2c(c1)oc1ccccc12. The Morgan fingerprint density at radius 3 is 1.88 bits per heavy atom. The molecule has 118 valence electrons. The maximum absolute atomic E-state index is 5.65. The standard InChI is InChI=1S/C12H8O.C9H9NO/c1-3-7-11-9(5-1)10-6-2-4-8-12(10)13-11;1-2-4-8(5-3-1)9-6-11-7-10-9/h1-8H;1-5,7,9H,6H2/t;9-/m.0/s1. The van der Waals surface area contributed by atoms with Gasteiger partial charge < -0.3 is 9.15 Å². The number of rotatable bonds is 1. The molecule has 0 amide bonds. The Morgan fingerprint density at radius 1 is 0.708 bits per heavy atom. The van der Waals surface area contributed by atoms with Gasteiger partial charge in [-0.15, -0.1) is 0 Å². The van der Waals surface area contributed by atoms with Crippen molar-refractivity contribution in [3.05, 3.63) is 84.4 Å². The highest BCUT2D eigenvalue weighted by molar-refractivity contribution is 6.04. The minimum Gasteiger partial charge on any atom is -0.481 e. The average Bonchev–Trinajstić information content (AvgIpc) is 3.31. The maximum Gasteiger partial charge on any atom is 0.170 e. The smallest absolute Gasteiger partial charge is 0.170 e. The number of fused-ring (bicyclic) bond motifs is 3. The zero-order chi connectivity index (χ0) is 16.2. The minimum atomic E-state index is 0.219. The number of aliphatic imine (C=N–C) groups is 1. The van der Waals surface area contributed by atoms with E-state index < -0.39 is 0 Å². The Morgan fingerprint density at radius 2 is 1.29 bits per heavy atom. The first-order chi connectivity index (χ1) is 11.9. The first-order valence-electron chi connectivity index (χ1n) is 7.96. The molecule has 5 rings (SSSR count). The molecule has 0 aliphatic carbocycles. The molecule has 4 aromatic rings. The summed E-state index contributed by atoms with van der Waals surface area (Å²) in [6.07, 6.45) is 1.53. The highest BCUT2D eigenvalue weighted by Crippen LogP contribution is 2.27. The first-order valence-corrected chi connectivity index (χ1v) is 7.96. The van der Waals surface area contributed by atoms with E-state index in [1.165, 1.54) is 22.7 Å². The molecule has 1 aromatic heterocycles. The molecule has 0 radical (unpaired) electrons. The van der Waals surface area contributed by atoms with Crippen LogP contribution in [0.15, 0.2) is 88.3 Å². The van der Waals surface area contributed by atoms with E-state index in [0.29, 0.717) is 6.61 Å². The van der Waals surface area contributed by atoms with Crippen molar-refractivity contribution in [2.45, 2.75) is 6.04 Å². The van der Waals surface area contributed by atoms with Gasteiger partial charge in [0.2, 0.25) is 0 Å². The number of hydrogen-bond donors (Lipinski definition) is 0. The summed E-state index contributed by atoms with van der Waals surface area (Å²) in [4.78, 5) is 4.16. The highest BCUT2D eigenvalue weighted by atomic mass is 16.5. The zero-order valence-corrected chi connectivity index (χ0v) is 13.1. The van der Waals surface area contributed by atoms with Gasteiger partial charge in [-0.1, -0.05) is 66.7 Å². The van der Waals surface area contributed by atoms with Crippen LogP contribution in [0.1, 0.15) is 11.6 Å². The van der Waals surface area contributed by atoms with Gasteiger partial charge in [-0.05, 0) is 17.7 Å². The van der Waals surface area contributed by atoms with Crippen LogP contribution in [-0.4, -0.2) is 13.0 Å². The topological polar surface area (TPSA) is 34.7 Å². The summed E-state index contributed by atoms with van der Waals surface area (Å²) in [5.74, 6) is 0. The van der Waals surface area contributed by atoms with Gasteiger partial charge in [0, 0.05) is 10.8 Å². The number of para-hydroxylation sites is 2. The van der Waals surface area contributed by atoms with Crippen molar-refractivity contribution < 1.29 is 9.15 Å². The quantitative estimate of drug-likeness (QED) is 0.473. The number of hydrogen-bond acceptors (Lipinski definition) is 3. The van der Waals surface area contributed by atoms with Crippen LogP contribution in [-0.2, 0) is 4.74 Å². The number of furan rings is 1. The summed E-state index contributed by atoms with van der Waals surface area (Å²) in [7, 11) is 0.